The smallest absolute Gasteiger partial charge is 0.0909 e. The number of methoxy groups -OCH3 is 1. The molecule has 3 nitrogen and oxygen atoms in total. The summed E-state index contributed by atoms with van der Waals surface area (Å²) in [6, 6.07) is 6.08. The first-order valence-electron chi connectivity index (χ1n) is 7.16. The highest BCUT2D eigenvalue weighted by atomic mass is 79.9. The summed E-state index contributed by atoms with van der Waals surface area (Å²) >= 11 is 9.85. The van der Waals surface area contributed by atoms with Gasteiger partial charge in [0, 0.05) is 41.9 Å². The van der Waals surface area contributed by atoms with Gasteiger partial charge in [-0.25, -0.2) is 0 Å². The highest BCUT2D eigenvalue weighted by Gasteiger charge is 2.22. The Kier molecular flexibility index (Phi) is 4.67. The summed E-state index contributed by atoms with van der Waals surface area (Å²) < 4.78 is 6.31. The molecule has 21 heavy (non-hydrogen) atoms. The zero-order chi connectivity index (χ0) is 14.8. The van der Waals surface area contributed by atoms with Crippen molar-refractivity contribution in [2.24, 2.45) is 5.92 Å². The summed E-state index contributed by atoms with van der Waals surface area (Å²) in [6.45, 7) is 2.92. The van der Waals surface area contributed by atoms with Gasteiger partial charge in [0.2, 0.25) is 0 Å². The van der Waals surface area contributed by atoms with Gasteiger partial charge < -0.3 is 9.64 Å². The van der Waals surface area contributed by atoms with Gasteiger partial charge in [0.05, 0.1) is 17.1 Å². The third kappa shape index (κ3) is 3.17. The average Bonchev–Trinajstić information content (AvgIpc) is 2.47. The fourth-order valence-electron chi connectivity index (χ4n) is 3.10. The number of nitrogens with zero attached hydrogens (tertiary/aromatic N) is 2. The topological polar surface area (TPSA) is 25.4 Å². The van der Waals surface area contributed by atoms with Crippen LogP contribution in [0.3, 0.4) is 0 Å². The molecule has 0 bridgehead atoms. The number of anilines is 1. The first kappa shape index (κ1) is 15.1. The number of hydrogen-bond donors (Lipinski definition) is 0. The van der Waals surface area contributed by atoms with Crippen molar-refractivity contribution in [3.63, 3.8) is 0 Å². The first-order valence-corrected chi connectivity index (χ1v) is 8.34. The third-order valence-electron chi connectivity index (χ3n) is 4.00. The van der Waals surface area contributed by atoms with Gasteiger partial charge in [-0.2, -0.15) is 0 Å². The Hall–Kier alpha value is -0.840. The molecular formula is C16H18BrClN2O. The highest BCUT2D eigenvalue weighted by Crippen LogP contribution is 2.34. The molecule has 1 atom stereocenters. The van der Waals surface area contributed by atoms with Crippen molar-refractivity contribution in [2.75, 3.05) is 31.7 Å². The predicted molar refractivity (Wildman–Crippen MR) is 91.3 cm³/mol. The normalized spacial score (nSPS) is 19.2. The second-order valence-electron chi connectivity index (χ2n) is 5.52. The maximum Gasteiger partial charge on any atom is 0.0909 e. The van der Waals surface area contributed by atoms with Crippen LogP contribution in [0.4, 0.5) is 5.69 Å². The molecule has 5 heteroatoms. The number of pyridine rings is 1. The number of piperidine rings is 1. The van der Waals surface area contributed by atoms with E-state index in [1.54, 1.807) is 7.11 Å². The molecule has 1 saturated heterocycles. The molecule has 0 saturated carbocycles. The molecule has 1 aromatic heterocycles. The van der Waals surface area contributed by atoms with Crippen LogP contribution >= 0.6 is 27.5 Å². The van der Waals surface area contributed by atoms with Crippen LogP contribution in [0, 0.1) is 5.92 Å². The van der Waals surface area contributed by atoms with Crippen LogP contribution in [0.2, 0.25) is 5.02 Å². The third-order valence-corrected chi connectivity index (χ3v) is 4.75. The fourth-order valence-corrected chi connectivity index (χ4v) is 3.95. The van der Waals surface area contributed by atoms with E-state index in [1.165, 1.54) is 18.5 Å². The minimum Gasteiger partial charge on any atom is -0.384 e. The van der Waals surface area contributed by atoms with E-state index in [0.717, 1.165) is 35.1 Å². The molecule has 2 heterocycles. The lowest BCUT2D eigenvalue weighted by Crippen LogP contribution is -2.37. The Balaban J connectivity index is 2.00. The van der Waals surface area contributed by atoms with E-state index in [2.05, 4.69) is 37.9 Å². The largest absolute Gasteiger partial charge is 0.384 e. The van der Waals surface area contributed by atoms with Crippen LogP contribution in [0.25, 0.3) is 10.9 Å². The van der Waals surface area contributed by atoms with Crippen LogP contribution in [0.1, 0.15) is 12.8 Å². The Labute approximate surface area is 138 Å². The molecule has 112 valence electrons. The van der Waals surface area contributed by atoms with Gasteiger partial charge in [-0.05, 0) is 37.0 Å². The van der Waals surface area contributed by atoms with Gasteiger partial charge in [-0.1, -0.05) is 27.5 Å². The zero-order valence-corrected chi connectivity index (χ0v) is 14.3. The predicted octanol–water partition coefficient (Wildman–Crippen LogP) is 4.51. The van der Waals surface area contributed by atoms with Crippen LogP contribution in [0.15, 0.2) is 28.9 Å². The molecule has 0 spiro atoms. The summed E-state index contributed by atoms with van der Waals surface area (Å²) in [7, 11) is 1.78. The van der Waals surface area contributed by atoms with E-state index in [-0.39, 0.29) is 0 Å². The Morgan fingerprint density at radius 2 is 2.33 bits per heavy atom. The van der Waals surface area contributed by atoms with Gasteiger partial charge in [0.15, 0.2) is 0 Å². The maximum absolute atomic E-state index is 6.32. The number of aromatic nitrogens is 1. The number of halogens is 2. The molecule has 1 unspecified atom stereocenters. The SMILES string of the molecule is COCC1CCCN(c2ccnc3c(Cl)cc(Br)cc23)C1. The van der Waals surface area contributed by atoms with Crippen LogP contribution in [-0.2, 0) is 4.74 Å². The van der Waals surface area contributed by atoms with Crippen molar-refractivity contribution in [1.29, 1.82) is 0 Å². The standard InChI is InChI=1S/C16H18BrClN2O/c1-21-10-11-3-2-6-20(9-11)15-4-5-19-16-13(15)7-12(17)8-14(16)18/h4-5,7-8,11H,2-3,6,9-10H2,1H3. The molecule has 1 aliphatic rings. The second-order valence-corrected chi connectivity index (χ2v) is 6.85. The van der Waals surface area contributed by atoms with Gasteiger partial charge in [0.25, 0.3) is 0 Å². The van der Waals surface area contributed by atoms with E-state index >= 15 is 0 Å². The molecule has 2 aromatic rings. The Bertz CT molecular complexity index is 647. The lowest BCUT2D eigenvalue weighted by atomic mass is 9.98. The molecule has 0 N–H and O–H groups in total. The van der Waals surface area contributed by atoms with Crippen molar-refractivity contribution in [1.82, 2.24) is 4.98 Å². The van der Waals surface area contributed by atoms with Crippen molar-refractivity contribution in [3.8, 4) is 0 Å². The van der Waals surface area contributed by atoms with Crippen molar-refractivity contribution >= 4 is 44.1 Å². The number of fused-ring (bicyclic) bond motifs is 1. The number of hydrogen-bond acceptors (Lipinski definition) is 3. The van der Waals surface area contributed by atoms with E-state index in [9.17, 15) is 0 Å². The van der Waals surface area contributed by atoms with Gasteiger partial charge >= 0.3 is 0 Å². The molecule has 1 aliphatic heterocycles. The Morgan fingerprint density at radius 1 is 1.48 bits per heavy atom. The summed E-state index contributed by atoms with van der Waals surface area (Å²) in [4.78, 5) is 6.86. The summed E-state index contributed by atoms with van der Waals surface area (Å²) in [5.41, 5.74) is 2.08. The van der Waals surface area contributed by atoms with E-state index < -0.39 is 0 Å². The quantitative estimate of drug-likeness (QED) is 0.796. The molecule has 0 aliphatic carbocycles. The van der Waals surface area contributed by atoms with Crippen LogP contribution in [0.5, 0.6) is 0 Å². The minimum atomic E-state index is 0.592. The van der Waals surface area contributed by atoms with Crippen LogP contribution < -0.4 is 4.90 Å². The minimum absolute atomic E-state index is 0.592. The van der Waals surface area contributed by atoms with Gasteiger partial charge in [0.1, 0.15) is 0 Å². The van der Waals surface area contributed by atoms with Crippen molar-refractivity contribution < 1.29 is 4.74 Å². The fraction of sp³-hybridized carbons (Fsp3) is 0.438. The van der Waals surface area contributed by atoms with Crippen molar-refractivity contribution in [2.45, 2.75) is 12.8 Å². The molecular weight excluding hydrogens is 352 g/mol. The summed E-state index contributed by atoms with van der Waals surface area (Å²) in [5, 5.41) is 1.79. The maximum atomic E-state index is 6.32. The van der Waals surface area contributed by atoms with Gasteiger partial charge in [-0.15, -0.1) is 0 Å². The van der Waals surface area contributed by atoms with Gasteiger partial charge in [-0.3, -0.25) is 4.98 Å². The van der Waals surface area contributed by atoms with Crippen molar-refractivity contribution in [3.05, 3.63) is 33.9 Å². The zero-order valence-electron chi connectivity index (χ0n) is 12.0. The van der Waals surface area contributed by atoms with E-state index in [4.69, 9.17) is 16.3 Å². The van der Waals surface area contributed by atoms with E-state index in [0.29, 0.717) is 10.9 Å². The van der Waals surface area contributed by atoms with E-state index in [1.807, 2.05) is 12.3 Å². The number of rotatable bonds is 3. The lowest BCUT2D eigenvalue weighted by Gasteiger charge is -2.34. The average molecular weight is 370 g/mol. The molecule has 0 radical (unpaired) electrons. The monoisotopic (exact) mass is 368 g/mol. The lowest BCUT2D eigenvalue weighted by molar-refractivity contribution is 0.143. The second kappa shape index (κ2) is 6.51. The summed E-state index contributed by atoms with van der Waals surface area (Å²) in [6.07, 6.45) is 4.27. The first-order chi connectivity index (χ1) is 10.2. The molecule has 0 amide bonds. The Morgan fingerprint density at radius 3 is 3.14 bits per heavy atom. The number of benzene rings is 1. The highest BCUT2D eigenvalue weighted by molar-refractivity contribution is 9.10. The number of ether oxygens (including phenoxy) is 1. The summed E-state index contributed by atoms with van der Waals surface area (Å²) in [5.74, 6) is 0.592. The van der Waals surface area contributed by atoms with Crippen LogP contribution in [-0.4, -0.2) is 31.8 Å². The molecule has 3 rings (SSSR count). The molecule has 1 fully saturated rings. The molecule has 1 aromatic carbocycles.